The SMILES string of the molecule is Cc1nn(-c2ccccc2)c(C)c1NC(=O)CCc1ccc(-c2ccccc2F)o1. The number of furan rings is 1. The summed E-state index contributed by atoms with van der Waals surface area (Å²) in [5, 5.41) is 7.51. The van der Waals surface area contributed by atoms with Gasteiger partial charge in [0.05, 0.1) is 28.3 Å². The van der Waals surface area contributed by atoms with E-state index in [0.29, 0.717) is 23.5 Å². The van der Waals surface area contributed by atoms with Crippen LogP contribution in [0, 0.1) is 19.7 Å². The van der Waals surface area contributed by atoms with Crippen LogP contribution in [0.5, 0.6) is 0 Å². The Balaban J connectivity index is 1.42. The minimum Gasteiger partial charge on any atom is -0.461 e. The van der Waals surface area contributed by atoms with Crippen molar-refractivity contribution in [1.29, 1.82) is 0 Å². The number of rotatable bonds is 6. The number of benzene rings is 2. The average molecular weight is 403 g/mol. The molecule has 0 aliphatic rings. The largest absolute Gasteiger partial charge is 0.461 e. The van der Waals surface area contributed by atoms with Gasteiger partial charge in [0, 0.05) is 12.8 Å². The number of hydrogen-bond donors (Lipinski definition) is 1. The third kappa shape index (κ3) is 4.03. The highest BCUT2D eigenvalue weighted by atomic mass is 19.1. The Hall–Kier alpha value is -3.67. The molecule has 1 amide bonds. The van der Waals surface area contributed by atoms with Gasteiger partial charge in [-0.3, -0.25) is 4.79 Å². The van der Waals surface area contributed by atoms with Crippen LogP contribution < -0.4 is 5.32 Å². The number of aryl methyl sites for hydroxylation is 2. The Bertz CT molecular complexity index is 1180. The van der Waals surface area contributed by atoms with Crippen molar-refractivity contribution in [3.8, 4) is 17.0 Å². The van der Waals surface area contributed by atoms with Gasteiger partial charge in [-0.1, -0.05) is 30.3 Å². The fraction of sp³-hybridized carbons (Fsp3) is 0.167. The topological polar surface area (TPSA) is 60.1 Å². The maximum atomic E-state index is 13.9. The minimum absolute atomic E-state index is 0.127. The van der Waals surface area contributed by atoms with E-state index >= 15 is 0 Å². The number of carbonyl (C=O) groups is 1. The zero-order valence-corrected chi connectivity index (χ0v) is 16.9. The van der Waals surface area contributed by atoms with Crippen molar-refractivity contribution in [3.05, 3.63) is 89.7 Å². The number of nitrogens with zero attached hydrogens (tertiary/aromatic N) is 2. The van der Waals surface area contributed by atoms with Crippen molar-refractivity contribution < 1.29 is 13.6 Å². The molecule has 0 saturated carbocycles. The molecule has 0 atom stereocenters. The van der Waals surface area contributed by atoms with E-state index in [4.69, 9.17) is 4.42 Å². The summed E-state index contributed by atoms with van der Waals surface area (Å²) in [6.07, 6.45) is 0.671. The lowest BCUT2D eigenvalue weighted by atomic mass is 10.1. The van der Waals surface area contributed by atoms with Crippen molar-refractivity contribution in [1.82, 2.24) is 9.78 Å². The van der Waals surface area contributed by atoms with E-state index in [0.717, 1.165) is 22.8 Å². The third-order valence-electron chi connectivity index (χ3n) is 4.96. The molecule has 152 valence electrons. The van der Waals surface area contributed by atoms with Crippen LogP contribution in [0.3, 0.4) is 0 Å². The second-order valence-corrected chi connectivity index (χ2v) is 7.09. The summed E-state index contributed by atoms with van der Waals surface area (Å²) < 4.78 is 21.5. The van der Waals surface area contributed by atoms with Gasteiger partial charge < -0.3 is 9.73 Å². The van der Waals surface area contributed by atoms with Crippen LogP contribution in [0.1, 0.15) is 23.6 Å². The standard InChI is InChI=1S/C24H22FN3O2/c1-16-24(17(2)28(27-16)18-8-4-3-5-9-18)26-23(29)15-13-19-12-14-22(30-19)20-10-6-7-11-21(20)25/h3-12,14H,13,15H2,1-2H3,(H,26,29). The Kier molecular flexibility index (Phi) is 5.48. The van der Waals surface area contributed by atoms with Crippen molar-refractivity contribution in [2.75, 3.05) is 5.32 Å². The predicted octanol–water partition coefficient (Wildman–Crippen LogP) is 5.46. The molecule has 0 radical (unpaired) electrons. The van der Waals surface area contributed by atoms with Gasteiger partial charge >= 0.3 is 0 Å². The summed E-state index contributed by atoms with van der Waals surface area (Å²) in [4.78, 5) is 12.5. The summed E-state index contributed by atoms with van der Waals surface area (Å²) in [6, 6.07) is 19.7. The third-order valence-corrected chi connectivity index (χ3v) is 4.96. The van der Waals surface area contributed by atoms with Crippen molar-refractivity contribution >= 4 is 11.6 Å². The molecule has 6 heteroatoms. The molecule has 5 nitrogen and oxygen atoms in total. The second kappa shape index (κ2) is 8.37. The molecule has 2 aromatic heterocycles. The van der Waals surface area contributed by atoms with Crippen molar-refractivity contribution in [2.45, 2.75) is 26.7 Å². The van der Waals surface area contributed by atoms with Crippen LogP contribution in [0.15, 0.2) is 71.1 Å². The molecule has 0 bridgehead atoms. The van der Waals surface area contributed by atoms with Crippen molar-refractivity contribution in [2.24, 2.45) is 0 Å². The van der Waals surface area contributed by atoms with E-state index < -0.39 is 0 Å². The van der Waals surface area contributed by atoms with E-state index in [9.17, 15) is 9.18 Å². The summed E-state index contributed by atoms with van der Waals surface area (Å²) in [5.74, 6) is 0.631. The smallest absolute Gasteiger partial charge is 0.224 e. The van der Waals surface area contributed by atoms with Crippen LogP contribution in [0.2, 0.25) is 0 Å². The van der Waals surface area contributed by atoms with Gasteiger partial charge in [-0.25, -0.2) is 9.07 Å². The number of anilines is 1. The fourth-order valence-corrected chi connectivity index (χ4v) is 3.40. The minimum atomic E-state index is -0.336. The normalized spacial score (nSPS) is 10.9. The highest BCUT2D eigenvalue weighted by molar-refractivity contribution is 5.92. The number of amides is 1. The Morgan fingerprint density at radius 2 is 1.77 bits per heavy atom. The summed E-state index contributed by atoms with van der Waals surface area (Å²) in [6.45, 7) is 3.80. The number of para-hydroxylation sites is 1. The fourth-order valence-electron chi connectivity index (χ4n) is 3.40. The van der Waals surface area contributed by atoms with Crippen LogP contribution >= 0.6 is 0 Å². The van der Waals surface area contributed by atoms with Gasteiger partial charge in [0.25, 0.3) is 0 Å². The number of hydrogen-bond acceptors (Lipinski definition) is 3. The number of aromatic nitrogens is 2. The van der Waals surface area contributed by atoms with Crippen molar-refractivity contribution in [3.63, 3.8) is 0 Å². The van der Waals surface area contributed by atoms with Gasteiger partial charge in [0.1, 0.15) is 17.3 Å². The molecule has 0 fully saturated rings. The number of halogens is 1. The molecule has 4 rings (SSSR count). The molecular weight excluding hydrogens is 381 g/mol. The first-order valence-electron chi connectivity index (χ1n) is 9.78. The molecule has 2 heterocycles. The Morgan fingerprint density at radius 3 is 2.53 bits per heavy atom. The first kappa shape index (κ1) is 19.6. The van der Waals surface area contributed by atoms with E-state index in [-0.39, 0.29) is 18.1 Å². The predicted molar refractivity (Wildman–Crippen MR) is 114 cm³/mol. The number of nitrogens with one attached hydrogen (secondary N) is 1. The van der Waals surface area contributed by atoms with Crippen LogP contribution in [0.4, 0.5) is 10.1 Å². The molecule has 30 heavy (non-hydrogen) atoms. The zero-order chi connectivity index (χ0) is 21.1. The van der Waals surface area contributed by atoms with E-state index in [2.05, 4.69) is 10.4 Å². The lowest BCUT2D eigenvalue weighted by Crippen LogP contribution is -2.13. The van der Waals surface area contributed by atoms with Gasteiger partial charge in [-0.15, -0.1) is 0 Å². The monoisotopic (exact) mass is 403 g/mol. The van der Waals surface area contributed by atoms with E-state index in [1.54, 1.807) is 30.3 Å². The molecule has 0 saturated heterocycles. The number of carbonyl (C=O) groups excluding carboxylic acids is 1. The summed E-state index contributed by atoms with van der Waals surface area (Å²) in [5.41, 5.74) is 3.69. The van der Waals surface area contributed by atoms with Gasteiger partial charge in [-0.05, 0) is 50.2 Å². The molecule has 0 unspecified atom stereocenters. The molecule has 0 spiro atoms. The van der Waals surface area contributed by atoms with Crippen LogP contribution in [-0.2, 0) is 11.2 Å². The molecule has 1 N–H and O–H groups in total. The van der Waals surface area contributed by atoms with Gasteiger partial charge in [-0.2, -0.15) is 5.10 Å². The molecule has 0 aliphatic heterocycles. The highest BCUT2D eigenvalue weighted by Gasteiger charge is 2.16. The van der Waals surface area contributed by atoms with E-state index in [1.165, 1.54) is 6.07 Å². The lowest BCUT2D eigenvalue weighted by molar-refractivity contribution is -0.116. The maximum Gasteiger partial charge on any atom is 0.224 e. The first-order valence-corrected chi connectivity index (χ1v) is 9.78. The van der Waals surface area contributed by atoms with Gasteiger partial charge in [0.15, 0.2) is 0 Å². The zero-order valence-electron chi connectivity index (χ0n) is 16.9. The highest BCUT2D eigenvalue weighted by Crippen LogP contribution is 2.26. The maximum absolute atomic E-state index is 13.9. The first-order chi connectivity index (χ1) is 14.5. The quantitative estimate of drug-likeness (QED) is 0.465. The average Bonchev–Trinajstić information content (AvgIpc) is 3.33. The summed E-state index contributed by atoms with van der Waals surface area (Å²) >= 11 is 0. The molecule has 2 aromatic carbocycles. The molecule has 4 aromatic rings. The van der Waals surface area contributed by atoms with Crippen LogP contribution in [-0.4, -0.2) is 15.7 Å². The van der Waals surface area contributed by atoms with Gasteiger partial charge in [0.2, 0.25) is 5.91 Å². The van der Waals surface area contributed by atoms with Crippen LogP contribution in [0.25, 0.3) is 17.0 Å². The molecular formula is C24H22FN3O2. The Morgan fingerprint density at radius 1 is 1.03 bits per heavy atom. The van der Waals surface area contributed by atoms with E-state index in [1.807, 2.05) is 48.9 Å². The second-order valence-electron chi connectivity index (χ2n) is 7.09. The molecule has 0 aliphatic carbocycles. The lowest BCUT2D eigenvalue weighted by Gasteiger charge is -2.07. The Labute approximate surface area is 174 Å². The summed E-state index contributed by atoms with van der Waals surface area (Å²) in [7, 11) is 0.